The fourth-order valence-corrected chi connectivity index (χ4v) is 3.43. The van der Waals surface area contributed by atoms with Crippen LogP contribution in [0.25, 0.3) is 0 Å². The topological polar surface area (TPSA) is 53.4 Å². The number of carbonyl (C=O) groups is 1. The average molecular weight is 319 g/mol. The summed E-state index contributed by atoms with van der Waals surface area (Å²) in [4.78, 5) is 17.1. The van der Waals surface area contributed by atoms with E-state index < -0.39 is 0 Å². The van der Waals surface area contributed by atoms with Gasteiger partial charge in [0.2, 0.25) is 0 Å². The van der Waals surface area contributed by atoms with Gasteiger partial charge in [-0.1, -0.05) is 13.8 Å². The lowest BCUT2D eigenvalue weighted by Gasteiger charge is -2.33. The second kappa shape index (κ2) is 7.01. The molecule has 1 N–H and O–H groups in total. The van der Waals surface area contributed by atoms with E-state index in [9.17, 15) is 4.79 Å². The quantitative estimate of drug-likeness (QED) is 0.893. The average Bonchev–Trinajstić information content (AvgIpc) is 2.96. The van der Waals surface area contributed by atoms with Crippen LogP contribution in [0.2, 0.25) is 0 Å². The van der Waals surface area contributed by atoms with Crippen molar-refractivity contribution in [1.82, 2.24) is 24.9 Å². The molecule has 1 atom stereocenters. The van der Waals surface area contributed by atoms with E-state index in [1.807, 2.05) is 9.58 Å². The van der Waals surface area contributed by atoms with Gasteiger partial charge in [0.15, 0.2) is 0 Å². The van der Waals surface area contributed by atoms with Crippen molar-refractivity contribution in [2.45, 2.75) is 39.3 Å². The van der Waals surface area contributed by atoms with Gasteiger partial charge in [0.25, 0.3) is 5.91 Å². The Hall–Kier alpha value is -1.40. The van der Waals surface area contributed by atoms with Crippen molar-refractivity contribution in [3.05, 3.63) is 17.5 Å². The number of nitrogens with one attached hydrogen (secondary N) is 1. The highest BCUT2D eigenvalue weighted by Gasteiger charge is 2.28. The number of hydrogen-bond acceptors (Lipinski definition) is 4. The van der Waals surface area contributed by atoms with Gasteiger partial charge >= 0.3 is 0 Å². The van der Waals surface area contributed by atoms with Gasteiger partial charge in [-0.25, -0.2) is 0 Å². The molecule has 128 valence electrons. The van der Waals surface area contributed by atoms with E-state index in [1.165, 1.54) is 0 Å². The summed E-state index contributed by atoms with van der Waals surface area (Å²) < 4.78 is 2.04. The van der Waals surface area contributed by atoms with Crippen molar-refractivity contribution in [1.29, 1.82) is 0 Å². The summed E-state index contributed by atoms with van der Waals surface area (Å²) in [5.74, 6) is 0.762. The fraction of sp³-hybridized carbons (Fsp3) is 0.765. The Morgan fingerprint density at radius 3 is 2.74 bits per heavy atom. The standard InChI is InChI=1S/C17H29N5O/c1-13(2)18-11-14-4-5-22-16(10-14)15(12-19-22)17(23)21-8-6-20(3)7-9-21/h12-14,18H,4-11H2,1-3H3/t14-/m1/s1. The van der Waals surface area contributed by atoms with Crippen LogP contribution in [0.4, 0.5) is 0 Å². The third kappa shape index (κ3) is 3.75. The molecular formula is C17H29N5O. The summed E-state index contributed by atoms with van der Waals surface area (Å²) >= 11 is 0. The van der Waals surface area contributed by atoms with Crippen molar-refractivity contribution in [3.63, 3.8) is 0 Å². The zero-order valence-electron chi connectivity index (χ0n) is 14.6. The Morgan fingerprint density at radius 1 is 1.30 bits per heavy atom. The third-order valence-electron chi connectivity index (χ3n) is 5.02. The normalized spacial score (nSPS) is 22.4. The summed E-state index contributed by atoms with van der Waals surface area (Å²) in [6, 6.07) is 0.508. The molecule has 3 rings (SSSR count). The molecule has 0 radical (unpaired) electrons. The smallest absolute Gasteiger partial charge is 0.257 e. The number of aryl methyl sites for hydroxylation is 1. The number of amides is 1. The summed E-state index contributed by atoms with van der Waals surface area (Å²) in [5, 5.41) is 7.98. The molecule has 1 amide bonds. The summed E-state index contributed by atoms with van der Waals surface area (Å²) in [6.45, 7) is 9.84. The van der Waals surface area contributed by atoms with Crippen LogP contribution in [0.3, 0.4) is 0 Å². The van der Waals surface area contributed by atoms with E-state index in [1.54, 1.807) is 6.20 Å². The van der Waals surface area contributed by atoms with Gasteiger partial charge in [-0.2, -0.15) is 5.10 Å². The molecule has 0 spiro atoms. The Bertz CT molecular complexity index is 545. The van der Waals surface area contributed by atoms with Crippen molar-refractivity contribution in [2.24, 2.45) is 5.92 Å². The molecule has 3 heterocycles. The second-order valence-electron chi connectivity index (χ2n) is 7.25. The van der Waals surface area contributed by atoms with Crippen LogP contribution in [0.1, 0.15) is 36.3 Å². The summed E-state index contributed by atoms with van der Waals surface area (Å²) in [6.07, 6.45) is 3.87. The highest BCUT2D eigenvalue weighted by Crippen LogP contribution is 2.24. The van der Waals surface area contributed by atoms with Crippen LogP contribution in [-0.4, -0.2) is 71.3 Å². The molecule has 23 heavy (non-hydrogen) atoms. The Labute approximate surface area is 138 Å². The van der Waals surface area contributed by atoms with Crippen molar-refractivity contribution in [2.75, 3.05) is 39.8 Å². The second-order valence-corrected chi connectivity index (χ2v) is 7.25. The number of likely N-dealkylation sites (N-methyl/N-ethyl adjacent to an activating group) is 1. The van der Waals surface area contributed by atoms with E-state index in [-0.39, 0.29) is 5.91 Å². The zero-order chi connectivity index (χ0) is 16.4. The minimum absolute atomic E-state index is 0.164. The lowest BCUT2D eigenvalue weighted by Crippen LogP contribution is -2.47. The predicted octanol–water partition coefficient (Wildman–Crippen LogP) is 0.831. The first-order chi connectivity index (χ1) is 11.0. The molecule has 1 saturated heterocycles. The molecule has 0 unspecified atom stereocenters. The van der Waals surface area contributed by atoms with Crippen LogP contribution in [-0.2, 0) is 13.0 Å². The fourth-order valence-electron chi connectivity index (χ4n) is 3.43. The number of hydrogen-bond donors (Lipinski definition) is 1. The molecule has 1 aromatic heterocycles. The third-order valence-corrected chi connectivity index (χ3v) is 5.02. The van der Waals surface area contributed by atoms with Crippen LogP contribution < -0.4 is 5.32 Å². The Kier molecular flexibility index (Phi) is 5.02. The Morgan fingerprint density at radius 2 is 2.04 bits per heavy atom. The summed E-state index contributed by atoms with van der Waals surface area (Å²) in [7, 11) is 2.11. The Balaban J connectivity index is 1.68. The van der Waals surface area contributed by atoms with Gasteiger partial charge in [0.1, 0.15) is 0 Å². The molecule has 0 aromatic carbocycles. The van der Waals surface area contributed by atoms with Gasteiger partial charge in [-0.15, -0.1) is 0 Å². The van der Waals surface area contributed by atoms with E-state index in [4.69, 9.17) is 0 Å². The van der Waals surface area contributed by atoms with E-state index in [2.05, 4.69) is 36.2 Å². The van der Waals surface area contributed by atoms with E-state index in [0.29, 0.717) is 12.0 Å². The molecule has 2 aliphatic heterocycles. The molecule has 0 bridgehead atoms. The minimum Gasteiger partial charge on any atom is -0.336 e. The monoisotopic (exact) mass is 319 g/mol. The maximum atomic E-state index is 12.9. The molecule has 2 aliphatic rings. The van der Waals surface area contributed by atoms with Gasteiger partial charge in [-0.3, -0.25) is 9.48 Å². The molecular weight excluding hydrogens is 290 g/mol. The van der Waals surface area contributed by atoms with Crippen LogP contribution in [0.5, 0.6) is 0 Å². The molecule has 0 saturated carbocycles. The number of carbonyl (C=O) groups excluding carboxylic acids is 1. The number of nitrogens with zero attached hydrogens (tertiary/aromatic N) is 4. The number of aromatic nitrogens is 2. The molecule has 6 heteroatoms. The van der Waals surface area contributed by atoms with Crippen molar-refractivity contribution < 1.29 is 4.79 Å². The summed E-state index contributed by atoms with van der Waals surface area (Å²) in [5.41, 5.74) is 1.96. The van der Waals surface area contributed by atoms with E-state index >= 15 is 0 Å². The minimum atomic E-state index is 0.164. The van der Waals surface area contributed by atoms with Gasteiger partial charge < -0.3 is 15.1 Å². The largest absolute Gasteiger partial charge is 0.336 e. The van der Waals surface area contributed by atoms with Crippen LogP contribution in [0.15, 0.2) is 6.20 Å². The lowest BCUT2D eigenvalue weighted by atomic mass is 9.94. The number of fused-ring (bicyclic) bond motifs is 1. The first kappa shape index (κ1) is 16.5. The first-order valence-electron chi connectivity index (χ1n) is 8.80. The van der Waals surface area contributed by atoms with Crippen molar-refractivity contribution >= 4 is 5.91 Å². The maximum Gasteiger partial charge on any atom is 0.257 e. The van der Waals surface area contributed by atoms with Crippen LogP contribution in [0, 0.1) is 5.92 Å². The number of rotatable bonds is 4. The molecule has 6 nitrogen and oxygen atoms in total. The predicted molar refractivity (Wildman–Crippen MR) is 90.6 cm³/mol. The zero-order valence-corrected chi connectivity index (χ0v) is 14.6. The number of piperazine rings is 1. The first-order valence-corrected chi connectivity index (χ1v) is 8.80. The van der Waals surface area contributed by atoms with E-state index in [0.717, 1.165) is 63.4 Å². The van der Waals surface area contributed by atoms with Gasteiger partial charge in [0, 0.05) is 38.8 Å². The maximum absolute atomic E-state index is 12.9. The van der Waals surface area contributed by atoms with Gasteiger partial charge in [-0.05, 0) is 32.4 Å². The van der Waals surface area contributed by atoms with Crippen molar-refractivity contribution in [3.8, 4) is 0 Å². The SMILES string of the molecule is CC(C)NC[C@@H]1CCn2ncc(C(=O)N3CCN(C)CC3)c2C1. The van der Waals surface area contributed by atoms with Gasteiger partial charge in [0.05, 0.1) is 17.5 Å². The lowest BCUT2D eigenvalue weighted by molar-refractivity contribution is 0.0662. The highest BCUT2D eigenvalue weighted by molar-refractivity contribution is 5.95. The molecule has 1 aromatic rings. The van der Waals surface area contributed by atoms with Crippen LogP contribution >= 0.6 is 0 Å². The molecule has 1 fully saturated rings. The highest BCUT2D eigenvalue weighted by atomic mass is 16.2. The molecule has 0 aliphatic carbocycles.